The van der Waals surface area contributed by atoms with E-state index in [9.17, 15) is 17.4 Å². The van der Waals surface area contributed by atoms with Crippen molar-refractivity contribution in [1.29, 1.82) is 0 Å². The van der Waals surface area contributed by atoms with Crippen molar-refractivity contribution in [2.75, 3.05) is 24.4 Å². The largest absolute Gasteiger partial charge is 0.469 e. The van der Waals surface area contributed by atoms with Gasteiger partial charge in [0.05, 0.1) is 23.5 Å². The zero-order valence-electron chi connectivity index (χ0n) is 11.6. The van der Waals surface area contributed by atoms with Gasteiger partial charge in [0.25, 0.3) is 0 Å². The van der Waals surface area contributed by atoms with Crippen molar-refractivity contribution < 1.29 is 22.2 Å². The lowest BCUT2D eigenvalue weighted by Gasteiger charge is -2.19. The highest BCUT2D eigenvalue weighted by Crippen LogP contribution is 2.16. The number of hydrogen-bond acceptors (Lipinski definition) is 5. The molecule has 0 aliphatic carbocycles. The van der Waals surface area contributed by atoms with E-state index in [0.29, 0.717) is 0 Å². The summed E-state index contributed by atoms with van der Waals surface area (Å²) in [4.78, 5) is 11.1. The lowest BCUT2D eigenvalue weighted by atomic mass is 10.2. The number of carbonyl (C=O) groups excluding carboxylic acids is 1. The van der Waals surface area contributed by atoms with E-state index in [1.54, 1.807) is 27.7 Å². The molecule has 0 N–H and O–H groups in total. The molecule has 0 amide bonds. The van der Waals surface area contributed by atoms with Crippen molar-refractivity contribution >= 4 is 26.6 Å². The fraction of sp³-hybridized carbons (Fsp3) is 0.909. The van der Waals surface area contributed by atoms with Gasteiger partial charge in [-0.15, -0.1) is 0 Å². The van der Waals surface area contributed by atoms with E-state index < -0.39 is 37.3 Å². The molecule has 0 aromatic carbocycles. The van der Waals surface area contributed by atoms with Gasteiger partial charge >= 0.3 is 5.97 Å². The van der Waals surface area contributed by atoms with E-state index in [4.69, 9.17) is 0 Å². The van der Waals surface area contributed by atoms with Crippen LogP contribution in [-0.2, 0) is 30.2 Å². The zero-order valence-corrected chi connectivity index (χ0v) is 13.2. The minimum absolute atomic E-state index is 0.0565. The van der Waals surface area contributed by atoms with Gasteiger partial charge in [0, 0.05) is 22.3 Å². The first-order chi connectivity index (χ1) is 8.01. The summed E-state index contributed by atoms with van der Waals surface area (Å²) in [7, 11) is -3.33. The molecule has 0 radical (unpaired) electrons. The van der Waals surface area contributed by atoms with Crippen LogP contribution < -0.4 is 0 Å². The van der Waals surface area contributed by atoms with Crippen molar-refractivity contribution in [1.82, 2.24) is 0 Å². The van der Waals surface area contributed by atoms with E-state index >= 15 is 0 Å². The Morgan fingerprint density at radius 1 is 1.33 bits per heavy atom. The monoisotopic (exact) mass is 298 g/mol. The first kappa shape index (κ1) is 17.6. The fourth-order valence-electron chi connectivity index (χ4n) is 1.14. The first-order valence-corrected chi connectivity index (χ1v) is 8.80. The van der Waals surface area contributed by atoms with Crippen molar-refractivity contribution in [3.8, 4) is 0 Å². The molecule has 0 heterocycles. The molecule has 5 nitrogen and oxygen atoms in total. The van der Waals surface area contributed by atoms with Crippen LogP contribution in [0.25, 0.3) is 0 Å². The summed E-state index contributed by atoms with van der Waals surface area (Å²) < 4.78 is 39.0. The second-order valence-corrected chi connectivity index (χ2v) is 9.65. The Morgan fingerprint density at radius 2 is 1.83 bits per heavy atom. The van der Waals surface area contributed by atoms with Gasteiger partial charge in [0.1, 0.15) is 0 Å². The molecule has 0 aromatic heterocycles. The molecule has 0 spiro atoms. The minimum atomic E-state index is -3.26. The molecule has 0 saturated heterocycles. The van der Waals surface area contributed by atoms with E-state index in [2.05, 4.69) is 4.74 Å². The topological polar surface area (TPSA) is 77.5 Å². The van der Waals surface area contributed by atoms with E-state index in [-0.39, 0.29) is 17.3 Å². The molecule has 0 aliphatic rings. The summed E-state index contributed by atoms with van der Waals surface area (Å²) in [5.41, 5.74) is 0. The van der Waals surface area contributed by atoms with Gasteiger partial charge in [-0.3, -0.25) is 9.00 Å². The number of esters is 1. The smallest absolute Gasteiger partial charge is 0.309 e. The van der Waals surface area contributed by atoms with Crippen LogP contribution in [0, 0.1) is 5.92 Å². The Bertz CT molecular complexity index is 406. The molecule has 0 bridgehead atoms. The molecule has 7 heteroatoms. The van der Waals surface area contributed by atoms with Crippen LogP contribution in [0.2, 0.25) is 0 Å². The van der Waals surface area contributed by atoms with Crippen LogP contribution in [0.5, 0.6) is 0 Å². The fourth-order valence-corrected chi connectivity index (χ4v) is 4.23. The predicted molar refractivity (Wildman–Crippen MR) is 72.6 cm³/mol. The summed E-state index contributed by atoms with van der Waals surface area (Å²) in [5, 5.41) is 0. The lowest BCUT2D eigenvalue weighted by Crippen LogP contribution is -2.33. The second-order valence-electron chi connectivity index (χ2n) is 5.17. The SMILES string of the molecule is COC(=O)C(C)CS(=O)CCS(=O)(=O)C(C)(C)C. The average Bonchev–Trinajstić information content (AvgIpc) is 2.23. The van der Waals surface area contributed by atoms with Gasteiger partial charge in [-0.2, -0.15) is 0 Å². The Balaban J connectivity index is 4.34. The molecule has 0 aromatic rings. The molecule has 0 rings (SSSR count). The summed E-state index contributed by atoms with van der Waals surface area (Å²) in [6.07, 6.45) is 0. The van der Waals surface area contributed by atoms with Crippen LogP contribution in [0.1, 0.15) is 27.7 Å². The average molecular weight is 298 g/mol. The summed E-state index contributed by atoms with van der Waals surface area (Å²) in [5.74, 6) is -0.847. The van der Waals surface area contributed by atoms with E-state index in [0.717, 1.165) is 0 Å². The molecule has 0 saturated carbocycles. The van der Waals surface area contributed by atoms with Crippen LogP contribution in [-0.4, -0.2) is 47.7 Å². The number of methoxy groups -OCH3 is 1. The van der Waals surface area contributed by atoms with E-state index in [1.807, 2.05) is 0 Å². The summed E-state index contributed by atoms with van der Waals surface area (Å²) in [6, 6.07) is 0. The van der Waals surface area contributed by atoms with Gasteiger partial charge < -0.3 is 4.74 Å². The van der Waals surface area contributed by atoms with Crippen molar-refractivity contribution in [3.05, 3.63) is 0 Å². The number of carbonyl (C=O) groups is 1. The Hall–Kier alpha value is -0.430. The molecule has 108 valence electrons. The third-order valence-electron chi connectivity index (χ3n) is 2.55. The van der Waals surface area contributed by atoms with Crippen molar-refractivity contribution in [2.45, 2.75) is 32.4 Å². The Kier molecular flexibility index (Phi) is 6.50. The minimum Gasteiger partial charge on any atom is -0.469 e. The molecular formula is C11H22O5S2. The van der Waals surface area contributed by atoms with Gasteiger partial charge in [-0.25, -0.2) is 8.42 Å². The highest BCUT2D eigenvalue weighted by atomic mass is 32.2. The third-order valence-corrected chi connectivity index (χ3v) is 6.95. The summed E-state index contributed by atoms with van der Waals surface area (Å²) >= 11 is 0. The van der Waals surface area contributed by atoms with Crippen LogP contribution >= 0.6 is 0 Å². The normalized spacial score (nSPS) is 16.1. The highest BCUT2D eigenvalue weighted by molar-refractivity contribution is 7.94. The zero-order chi connectivity index (χ0) is 14.6. The maximum atomic E-state index is 11.8. The van der Waals surface area contributed by atoms with E-state index in [1.165, 1.54) is 7.11 Å². The molecule has 2 atom stereocenters. The molecule has 2 unspecified atom stereocenters. The maximum Gasteiger partial charge on any atom is 0.309 e. The summed E-state index contributed by atoms with van der Waals surface area (Å²) in [6.45, 7) is 6.45. The molecule has 0 aliphatic heterocycles. The number of ether oxygens (including phenoxy) is 1. The number of rotatable bonds is 6. The molecular weight excluding hydrogens is 276 g/mol. The third kappa shape index (κ3) is 5.48. The van der Waals surface area contributed by atoms with Gasteiger partial charge in [0.2, 0.25) is 0 Å². The van der Waals surface area contributed by atoms with Crippen molar-refractivity contribution in [2.24, 2.45) is 5.92 Å². The Labute approximate surface area is 112 Å². The quantitative estimate of drug-likeness (QED) is 0.676. The first-order valence-electron chi connectivity index (χ1n) is 5.66. The standard InChI is InChI=1S/C11H22O5S2/c1-9(10(12)16-5)8-17(13)6-7-18(14,15)11(2,3)4/h9H,6-8H2,1-5H3. The predicted octanol–water partition coefficient (Wildman–Crippen LogP) is 0.757. The maximum absolute atomic E-state index is 11.8. The second kappa shape index (κ2) is 6.65. The van der Waals surface area contributed by atoms with Gasteiger partial charge in [0.15, 0.2) is 9.84 Å². The van der Waals surface area contributed by atoms with Crippen LogP contribution in [0.3, 0.4) is 0 Å². The van der Waals surface area contributed by atoms with Gasteiger partial charge in [-0.1, -0.05) is 6.92 Å². The van der Waals surface area contributed by atoms with Crippen LogP contribution in [0.4, 0.5) is 0 Å². The van der Waals surface area contributed by atoms with Crippen LogP contribution in [0.15, 0.2) is 0 Å². The number of hydrogen-bond donors (Lipinski definition) is 0. The molecule has 18 heavy (non-hydrogen) atoms. The number of sulfone groups is 1. The van der Waals surface area contributed by atoms with Gasteiger partial charge in [-0.05, 0) is 20.8 Å². The van der Waals surface area contributed by atoms with Crippen molar-refractivity contribution in [3.63, 3.8) is 0 Å². The Morgan fingerprint density at radius 3 is 2.22 bits per heavy atom. The highest BCUT2D eigenvalue weighted by Gasteiger charge is 2.29. The lowest BCUT2D eigenvalue weighted by molar-refractivity contribution is -0.144. The molecule has 0 fully saturated rings.